The lowest BCUT2D eigenvalue weighted by atomic mass is 10.0. The van der Waals surface area contributed by atoms with Gasteiger partial charge in [-0.1, -0.05) is 12.8 Å². The highest BCUT2D eigenvalue weighted by Gasteiger charge is 2.11. The van der Waals surface area contributed by atoms with Gasteiger partial charge in [0.05, 0.1) is 5.69 Å². The van der Waals surface area contributed by atoms with E-state index in [1.54, 1.807) is 24.3 Å². The van der Waals surface area contributed by atoms with E-state index in [1.807, 2.05) is 6.08 Å². The van der Waals surface area contributed by atoms with E-state index in [-0.39, 0.29) is 5.78 Å². The van der Waals surface area contributed by atoms with Crippen LogP contribution < -0.4 is 0 Å². The minimum atomic E-state index is 0.0858. The van der Waals surface area contributed by atoms with Gasteiger partial charge in [0.1, 0.15) is 5.01 Å². The molecule has 0 fully saturated rings. The Balaban J connectivity index is 2.17. The van der Waals surface area contributed by atoms with Gasteiger partial charge < -0.3 is 0 Å². The van der Waals surface area contributed by atoms with E-state index >= 15 is 0 Å². The van der Waals surface area contributed by atoms with Gasteiger partial charge in [-0.25, -0.2) is 4.98 Å². The number of hydrogen-bond acceptors (Lipinski definition) is 3. The van der Waals surface area contributed by atoms with Crippen LogP contribution in [0.2, 0.25) is 0 Å². The number of ketones is 1. The summed E-state index contributed by atoms with van der Waals surface area (Å²) < 4.78 is 0. The van der Waals surface area contributed by atoms with Crippen LogP contribution in [0.3, 0.4) is 0 Å². The SMILES string of the molecule is CC(=O)C=Cc1nc2c(s1)CCCCCC2. The molecular formula is C13H17NOS. The van der Waals surface area contributed by atoms with Gasteiger partial charge in [0.25, 0.3) is 0 Å². The number of carbonyl (C=O) groups excluding carboxylic acids is 1. The molecule has 0 saturated carbocycles. The molecule has 0 saturated heterocycles. The van der Waals surface area contributed by atoms with Crippen LogP contribution >= 0.6 is 11.3 Å². The van der Waals surface area contributed by atoms with Crippen molar-refractivity contribution in [2.75, 3.05) is 0 Å². The zero-order chi connectivity index (χ0) is 11.4. The molecule has 0 amide bonds. The van der Waals surface area contributed by atoms with Gasteiger partial charge in [-0.15, -0.1) is 11.3 Å². The number of fused-ring (bicyclic) bond motifs is 1. The van der Waals surface area contributed by atoms with Crippen molar-refractivity contribution in [3.05, 3.63) is 21.7 Å². The summed E-state index contributed by atoms with van der Waals surface area (Å²) >= 11 is 1.75. The lowest BCUT2D eigenvalue weighted by Gasteiger charge is -2.06. The second-order valence-corrected chi connectivity index (χ2v) is 5.40. The third-order valence-corrected chi connectivity index (χ3v) is 3.95. The number of hydrogen-bond donors (Lipinski definition) is 0. The van der Waals surface area contributed by atoms with E-state index in [0.717, 1.165) is 11.4 Å². The molecule has 0 bridgehead atoms. The van der Waals surface area contributed by atoms with Crippen molar-refractivity contribution in [3.8, 4) is 0 Å². The summed E-state index contributed by atoms with van der Waals surface area (Å²) in [5, 5.41) is 0.988. The molecule has 0 N–H and O–H groups in total. The highest BCUT2D eigenvalue weighted by Crippen LogP contribution is 2.26. The first-order chi connectivity index (χ1) is 7.75. The van der Waals surface area contributed by atoms with Gasteiger partial charge in [-0.3, -0.25) is 4.79 Å². The molecule has 16 heavy (non-hydrogen) atoms. The summed E-state index contributed by atoms with van der Waals surface area (Å²) in [6.07, 6.45) is 10.9. The standard InChI is InChI=1S/C13H17NOS/c1-10(15)8-9-13-14-11-6-4-2-3-5-7-12(11)16-13/h8-9H,2-7H2,1H3. The Morgan fingerprint density at radius 3 is 2.75 bits per heavy atom. The first-order valence-electron chi connectivity index (χ1n) is 5.93. The molecule has 1 heterocycles. The van der Waals surface area contributed by atoms with Gasteiger partial charge in [0, 0.05) is 4.88 Å². The second-order valence-electron chi connectivity index (χ2n) is 4.28. The highest BCUT2D eigenvalue weighted by molar-refractivity contribution is 7.12. The van der Waals surface area contributed by atoms with Crippen molar-refractivity contribution in [3.63, 3.8) is 0 Å². The molecule has 1 aliphatic rings. The van der Waals surface area contributed by atoms with Crippen LogP contribution in [0.25, 0.3) is 6.08 Å². The zero-order valence-electron chi connectivity index (χ0n) is 9.66. The van der Waals surface area contributed by atoms with E-state index in [0.29, 0.717) is 0 Å². The van der Waals surface area contributed by atoms with Gasteiger partial charge in [-0.2, -0.15) is 0 Å². The molecule has 0 aliphatic heterocycles. The molecular weight excluding hydrogens is 218 g/mol. The zero-order valence-corrected chi connectivity index (χ0v) is 10.5. The monoisotopic (exact) mass is 235 g/mol. The van der Waals surface area contributed by atoms with Crippen LogP contribution in [0.4, 0.5) is 0 Å². The summed E-state index contributed by atoms with van der Waals surface area (Å²) in [6, 6.07) is 0. The highest BCUT2D eigenvalue weighted by atomic mass is 32.1. The number of allylic oxidation sites excluding steroid dienone is 1. The minimum Gasteiger partial charge on any atom is -0.295 e. The van der Waals surface area contributed by atoms with E-state index in [2.05, 4.69) is 4.98 Å². The quantitative estimate of drug-likeness (QED) is 0.735. The van der Waals surface area contributed by atoms with Crippen molar-refractivity contribution in [2.45, 2.75) is 45.4 Å². The molecule has 1 aromatic rings. The van der Waals surface area contributed by atoms with Crippen molar-refractivity contribution >= 4 is 23.2 Å². The largest absolute Gasteiger partial charge is 0.295 e. The summed E-state index contributed by atoms with van der Waals surface area (Å²) in [5.74, 6) is 0.0858. The maximum atomic E-state index is 10.9. The maximum absolute atomic E-state index is 10.9. The fraction of sp³-hybridized carbons (Fsp3) is 0.538. The number of aromatic nitrogens is 1. The number of rotatable bonds is 2. The van der Waals surface area contributed by atoms with Crippen LogP contribution in [-0.2, 0) is 17.6 Å². The molecule has 1 aliphatic carbocycles. The smallest absolute Gasteiger partial charge is 0.152 e. The maximum Gasteiger partial charge on any atom is 0.152 e. The van der Waals surface area contributed by atoms with Crippen molar-refractivity contribution in [2.24, 2.45) is 0 Å². The summed E-state index contributed by atoms with van der Waals surface area (Å²) in [7, 11) is 0. The van der Waals surface area contributed by atoms with E-state index in [4.69, 9.17) is 0 Å². The fourth-order valence-corrected chi connectivity index (χ4v) is 3.04. The van der Waals surface area contributed by atoms with Gasteiger partial charge >= 0.3 is 0 Å². The Morgan fingerprint density at radius 1 is 1.25 bits per heavy atom. The molecule has 2 nitrogen and oxygen atoms in total. The first kappa shape index (κ1) is 11.5. The average Bonchev–Trinajstić information content (AvgIpc) is 2.57. The van der Waals surface area contributed by atoms with Gasteiger partial charge in [0.15, 0.2) is 5.78 Å². The normalized spacial score (nSPS) is 16.8. The Kier molecular flexibility index (Phi) is 3.88. The fourth-order valence-electron chi connectivity index (χ4n) is 1.99. The molecule has 86 valence electrons. The molecule has 3 heteroatoms. The topological polar surface area (TPSA) is 30.0 Å². The molecule has 0 atom stereocenters. The third kappa shape index (κ3) is 3.01. The molecule has 0 spiro atoms. The predicted molar refractivity (Wildman–Crippen MR) is 67.7 cm³/mol. The van der Waals surface area contributed by atoms with Crippen LogP contribution in [-0.4, -0.2) is 10.8 Å². The van der Waals surface area contributed by atoms with Crippen LogP contribution in [0.15, 0.2) is 6.08 Å². The Morgan fingerprint density at radius 2 is 2.00 bits per heavy atom. The van der Waals surface area contributed by atoms with E-state index < -0.39 is 0 Å². The lowest BCUT2D eigenvalue weighted by Crippen LogP contribution is -1.96. The number of thiazole rings is 1. The lowest BCUT2D eigenvalue weighted by molar-refractivity contribution is -0.112. The number of aryl methyl sites for hydroxylation is 2. The second kappa shape index (κ2) is 5.39. The Bertz CT molecular complexity index is 381. The van der Waals surface area contributed by atoms with E-state index in [9.17, 15) is 4.79 Å². The molecule has 0 radical (unpaired) electrons. The van der Waals surface area contributed by atoms with Crippen molar-refractivity contribution in [1.82, 2.24) is 4.98 Å². The van der Waals surface area contributed by atoms with Crippen molar-refractivity contribution < 1.29 is 4.79 Å². The van der Waals surface area contributed by atoms with Gasteiger partial charge in [-0.05, 0) is 44.8 Å². The summed E-state index contributed by atoms with van der Waals surface area (Å²) in [4.78, 5) is 16.9. The number of carbonyl (C=O) groups is 1. The molecule has 0 unspecified atom stereocenters. The average molecular weight is 235 g/mol. The third-order valence-electron chi connectivity index (χ3n) is 2.82. The molecule has 2 rings (SSSR count). The van der Waals surface area contributed by atoms with Crippen LogP contribution in [0.1, 0.15) is 48.2 Å². The van der Waals surface area contributed by atoms with Crippen molar-refractivity contribution in [1.29, 1.82) is 0 Å². The molecule has 1 aromatic heterocycles. The Hall–Kier alpha value is -0.960. The summed E-state index contributed by atoms with van der Waals surface area (Å²) in [6.45, 7) is 1.57. The van der Waals surface area contributed by atoms with Crippen LogP contribution in [0, 0.1) is 0 Å². The van der Waals surface area contributed by atoms with Crippen LogP contribution in [0.5, 0.6) is 0 Å². The molecule has 0 aromatic carbocycles. The minimum absolute atomic E-state index is 0.0858. The predicted octanol–water partition coefficient (Wildman–Crippen LogP) is 3.40. The summed E-state index contributed by atoms with van der Waals surface area (Å²) in [5.41, 5.74) is 1.27. The van der Waals surface area contributed by atoms with E-state index in [1.165, 1.54) is 42.7 Å². The Labute approximate surface area is 100 Å². The number of nitrogens with zero attached hydrogens (tertiary/aromatic N) is 1. The van der Waals surface area contributed by atoms with Gasteiger partial charge in [0.2, 0.25) is 0 Å². The first-order valence-corrected chi connectivity index (χ1v) is 6.74.